The molecule has 0 radical (unpaired) electrons. The van der Waals surface area contributed by atoms with Crippen molar-refractivity contribution in [2.75, 3.05) is 0 Å². The average Bonchev–Trinajstić information content (AvgIpc) is 2.34. The molecule has 0 N–H and O–H groups in total. The molecule has 0 saturated carbocycles. The number of hydrogen-bond acceptors (Lipinski definition) is 3. The van der Waals surface area contributed by atoms with Crippen molar-refractivity contribution in [1.82, 2.24) is 4.98 Å². The van der Waals surface area contributed by atoms with E-state index in [9.17, 15) is 0 Å². The molecule has 9 heavy (non-hydrogen) atoms. The fraction of sp³-hybridized carbons (Fsp3) is 0.333. The maximum Gasteiger partial charge on any atom is 0.194 e. The van der Waals surface area contributed by atoms with Gasteiger partial charge in [0.05, 0.1) is 5.69 Å². The molecular weight excluding hydrogens is 132 g/mol. The summed E-state index contributed by atoms with van der Waals surface area (Å²) in [4.78, 5) is 4.00. The number of thiazole rings is 1. The summed E-state index contributed by atoms with van der Waals surface area (Å²) >= 11 is 1.40. The molecule has 0 aliphatic heterocycles. The third-order valence-electron chi connectivity index (χ3n) is 1.01. The van der Waals surface area contributed by atoms with Crippen molar-refractivity contribution in [3.8, 4) is 6.07 Å². The fourth-order valence-corrected chi connectivity index (χ4v) is 1.21. The van der Waals surface area contributed by atoms with Gasteiger partial charge in [-0.1, -0.05) is 6.92 Å². The molecule has 3 heteroatoms. The zero-order valence-corrected chi connectivity index (χ0v) is 5.90. The van der Waals surface area contributed by atoms with Crippen LogP contribution in [0.1, 0.15) is 17.6 Å². The van der Waals surface area contributed by atoms with Crippen LogP contribution in [0.25, 0.3) is 0 Å². The third-order valence-corrected chi connectivity index (χ3v) is 1.81. The van der Waals surface area contributed by atoms with E-state index in [2.05, 4.69) is 4.98 Å². The molecule has 46 valence electrons. The lowest BCUT2D eigenvalue weighted by Gasteiger charge is -1.78. The van der Waals surface area contributed by atoms with E-state index >= 15 is 0 Å². The van der Waals surface area contributed by atoms with Crippen LogP contribution in [0, 0.1) is 11.3 Å². The molecule has 0 bridgehead atoms. The number of aromatic nitrogens is 1. The zero-order chi connectivity index (χ0) is 6.69. The lowest BCUT2D eigenvalue weighted by Crippen LogP contribution is -1.77. The van der Waals surface area contributed by atoms with E-state index in [0.717, 1.165) is 12.1 Å². The summed E-state index contributed by atoms with van der Waals surface area (Å²) in [5, 5.41) is 10.8. The molecular formula is C6H6N2S. The van der Waals surface area contributed by atoms with Crippen LogP contribution in [0.5, 0.6) is 0 Å². The predicted molar refractivity (Wildman–Crippen MR) is 36.2 cm³/mol. The SMILES string of the molecule is CCc1csc(C#N)n1. The highest BCUT2D eigenvalue weighted by atomic mass is 32.1. The molecule has 1 aromatic rings. The second-order valence-corrected chi connectivity index (χ2v) is 2.47. The molecule has 0 spiro atoms. The van der Waals surface area contributed by atoms with Crippen molar-refractivity contribution in [2.24, 2.45) is 0 Å². The molecule has 0 unspecified atom stereocenters. The average molecular weight is 138 g/mol. The minimum absolute atomic E-state index is 0.562. The molecule has 0 aliphatic carbocycles. The highest BCUT2D eigenvalue weighted by molar-refractivity contribution is 7.10. The van der Waals surface area contributed by atoms with Gasteiger partial charge in [-0.2, -0.15) is 5.26 Å². The molecule has 1 aromatic heterocycles. The van der Waals surface area contributed by atoms with E-state index in [1.807, 2.05) is 18.4 Å². The third kappa shape index (κ3) is 1.27. The van der Waals surface area contributed by atoms with Gasteiger partial charge in [-0.15, -0.1) is 11.3 Å². The lowest BCUT2D eigenvalue weighted by molar-refractivity contribution is 1.06. The topological polar surface area (TPSA) is 36.7 Å². The molecule has 0 fully saturated rings. The Kier molecular flexibility index (Phi) is 1.81. The Morgan fingerprint density at radius 1 is 1.89 bits per heavy atom. The fourth-order valence-electron chi connectivity index (χ4n) is 0.521. The Morgan fingerprint density at radius 2 is 2.67 bits per heavy atom. The second-order valence-electron chi connectivity index (χ2n) is 1.61. The molecule has 1 heterocycles. The minimum atomic E-state index is 0.562. The Morgan fingerprint density at radius 3 is 3.00 bits per heavy atom. The van der Waals surface area contributed by atoms with E-state index < -0.39 is 0 Å². The van der Waals surface area contributed by atoms with E-state index in [-0.39, 0.29) is 0 Å². The highest BCUT2D eigenvalue weighted by Crippen LogP contribution is 2.07. The van der Waals surface area contributed by atoms with Crippen LogP contribution in [0.15, 0.2) is 5.38 Å². The summed E-state index contributed by atoms with van der Waals surface area (Å²) in [5.74, 6) is 0. The van der Waals surface area contributed by atoms with Crippen molar-refractivity contribution in [3.05, 3.63) is 16.1 Å². The summed E-state index contributed by atoms with van der Waals surface area (Å²) in [6, 6.07) is 1.99. The molecule has 0 saturated heterocycles. The van der Waals surface area contributed by atoms with Gasteiger partial charge in [0.2, 0.25) is 0 Å². The Balaban J connectivity index is 2.90. The van der Waals surface area contributed by atoms with Gasteiger partial charge in [0, 0.05) is 5.38 Å². The van der Waals surface area contributed by atoms with Crippen molar-refractivity contribution >= 4 is 11.3 Å². The quantitative estimate of drug-likeness (QED) is 0.590. The standard InChI is InChI=1S/C6H6N2S/c1-2-5-4-9-6(3-7)8-5/h4H,2H2,1H3. The zero-order valence-electron chi connectivity index (χ0n) is 5.09. The van der Waals surface area contributed by atoms with Crippen LogP contribution in [0.2, 0.25) is 0 Å². The number of rotatable bonds is 1. The van der Waals surface area contributed by atoms with Gasteiger partial charge in [-0.05, 0) is 6.42 Å². The number of nitrogens with zero attached hydrogens (tertiary/aromatic N) is 2. The van der Waals surface area contributed by atoms with Gasteiger partial charge in [0.15, 0.2) is 5.01 Å². The molecule has 0 amide bonds. The molecule has 0 atom stereocenters. The normalized spacial score (nSPS) is 8.89. The molecule has 0 aliphatic rings. The monoisotopic (exact) mass is 138 g/mol. The summed E-state index contributed by atoms with van der Waals surface area (Å²) < 4.78 is 0. The van der Waals surface area contributed by atoms with Crippen molar-refractivity contribution in [2.45, 2.75) is 13.3 Å². The van der Waals surface area contributed by atoms with E-state index in [0.29, 0.717) is 5.01 Å². The number of nitriles is 1. The van der Waals surface area contributed by atoms with Gasteiger partial charge in [0.1, 0.15) is 6.07 Å². The van der Waals surface area contributed by atoms with E-state index in [1.165, 1.54) is 11.3 Å². The number of hydrogen-bond donors (Lipinski definition) is 0. The summed E-state index contributed by atoms with van der Waals surface area (Å²) in [5.41, 5.74) is 1.01. The van der Waals surface area contributed by atoms with Gasteiger partial charge < -0.3 is 0 Å². The summed E-state index contributed by atoms with van der Waals surface area (Å²) in [7, 11) is 0. The highest BCUT2D eigenvalue weighted by Gasteiger charge is 1.95. The van der Waals surface area contributed by atoms with Crippen molar-refractivity contribution < 1.29 is 0 Å². The largest absolute Gasteiger partial charge is 0.231 e. The van der Waals surface area contributed by atoms with Crippen LogP contribution in [0.3, 0.4) is 0 Å². The molecule has 1 rings (SSSR count). The van der Waals surface area contributed by atoms with Crippen LogP contribution >= 0.6 is 11.3 Å². The van der Waals surface area contributed by atoms with Gasteiger partial charge in [0.25, 0.3) is 0 Å². The van der Waals surface area contributed by atoms with Gasteiger partial charge >= 0.3 is 0 Å². The van der Waals surface area contributed by atoms with Crippen molar-refractivity contribution in [1.29, 1.82) is 5.26 Å². The number of aryl methyl sites for hydroxylation is 1. The Hall–Kier alpha value is -0.880. The predicted octanol–water partition coefficient (Wildman–Crippen LogP) is 1.58. The Labute approximate surface area is 57.8 Å². The maximum atomic E-state index is 8.34. The van der Waals surface area contributed by atoms with Crippen LogP contribution in [-0.2, 0) is 6.42 Å². The smallest absolute Gasteiger partial charge is 0.194 e. The van der Waals surface area contributed by atoms with E-state index in [1.54, 1.807) is 0 Å². The second kappa shape index (κ2) is 2.60. The molecule has 0 aromatic carbocycles. The summed E-state index contributed by atoms with van der Waals surface area (Å²) in [6.07, 6.45) is 0.915. The first-order valence-corrected chi connectivity index (χ1v) is 3.59. The maximum absolute atomic E-state index is 8.34. The van der Waals surface area contributed by atoms with Gasteiger partial charge in [-0.3, -0.25) is 0 Å². The lowest BCUT2D eigenvalue weighted by atomic mass is 10.4. The minimum Gasteiger partial charge on any atom is -0.231 e. The van der Waals surface area contributed by atoms with Gasteiger partial charge in [-0.25, -0.2) is 4.98 Å². The first-order valence-electron chi connectivity index (χ1n) is 2.71. The first-order chi connectivity index (χ1) is 4.36. The van der Waals surface area contributed by atoms with Crippen molar-refractivity contribution in [3.63, 3.8) is 0 Å². The van der Waals surface area contributed by atoms with Crippen LogP contribution < -0.4 is 0 Å². The van der Waals surface area contributed by atoms with Crippen LogP contribution in [0.4, 0.5) is 0 Å². The van der Waals surface area contributed by atoms with E-state index in [4.69, 9.17) is 5.26 Å². The first kappa shape index (κ1) is 6.24. The van der Waals surface area contributed by atoms with Crippen LogP contribution in [-0.4, -0.2) is 4.98 Å². The Bertz CT molecular complexity index is 233. The summed E-state index contributed by atoms with van der Waals surface area (Å²) in [6.45, 7) is 2.02. The molecule has 2 nitrogen and oxygen atoms in total.